The largest absolute Gasteiger partial charge is 0.338 e. The number of anilines is 1. The van der Waals surface area contributed by atoms with Gasteiger partial charge < -0.3 is 10.2 Å². The van der Waals surface area contributed by atoms with E-state index in [1.165, 1.54) is 0 Å². The number of amides is 2. The van der Waals surface area contributed by atoms with Crippen LogP contribution in [0.2, 0.25) is 5.02 Å². The summed E-state index contributed by atoms with van der Waals surface area (Å²) in [6, 6.07) is 10.4. The number of aryl methyl sites for hydroxylation is 1. The molecule has 4 rings (SSSR count). The third kappa shape index (κ3) is 4.31. The summed E-state index contributed by atoms with van der Waals surface area (Å²) >= 11 is 5.87. The van der Waals surface area contributed by atoms with Crippen molar-refractivity contribution in [1.82, 2.24) is 19.9 Å². The molecule has 1 aromatic carbocycles. The van der Waals surface area contributed by atoms with E-state index in [4.69, 9.17) is 11.6 Å². The highest BCUT2D eigenvalue weighted by Gasteiger charge is 2.30. The first kappa shape index (κ1) is 20.0. The molecule has 30 heavy (non-hydrogen) atoms. The molecule has 152 valence electrons. The lowest BCUT2D eigenvalue weighted by atomic mass is 10.1. The van der Waals surface area contributed by atoms with Crippen molar-refractivity contribution in [2.24, 2.45) is 0 Å². The first-order chi connectivity index (χ1) is 14.5. The summed E-state index contributed by atoms with van der Waals surface area (Å²) in [7, 11) is 0. The molecule has 0 bridgehead atoms. The molecule has 1 atom stereocenters. The molecule has 8 heteroatoms. The second kappa shape index (κ2) is 8.59. The fourth-order valence-electron chi connectivity index (χ4n) is 3.46. The number of hydrogen-bond acceptors (Lipinski definition) is 5. The zero-order chi connectivity index (χ0) is 21.1. The Labute approximate surface area is 179 Å². The number of aromatic nitrogens is 3. The van der Waals surface area contributed by atoms with Crippen molar-refractivity contribution in [1.29, 1.82) is 0 Å². The highest BCUT2D eigenvalue weighted by atomic mass is 35.5. The predicted octanol–water partition coefficient (Wildman–Crippen LogP) is 3.72. The Balaban J connectivity index is 1.44. The van der Waals surface area contributed by atoms with Crippen molar-refractivity contribution >= 4 is 29.1 Å². The first-order valence-electron chi connectivity index (χ1n) is 9.61. The second-order valence-electron chi connectivity index (χ2n) is 7.17. The topological polar surface area (TPSA) is 88.1 Å². The minimum absolute atomic E-state index is 0.0395. The molecule has 2 amide bonds. The van der Waals surface area contributed by atoms with E-state index in [1.807, 2.05) is 0 Å². The zero-order valence-electron chi connectivity index (χ0n) is 16.4. The maximum atomic E-state index is 12.6. The van der Waals surface area contributed by atoms with Gasteiger partial charge in [0.1, 0.15) is 5.82 Å². The molecular weight excluding hydrogens is 402 g/mol. The average molecular weight is 422 g/mol. The molecule has 0 radical (unpaired) electrons. The molecule has 3 aromatic rings. The summed E-state index contributed by atoms with van der Waals surface area (Å²) in [6.45, 7) is 2.97. The van der Waals surface area contributed by atoms with Gasteiger partial charge in [0.2, 0.25) is 0 Å². The summed E-state index contributed by atoms with van der Waals surface area (Å²) in [5.74, 6) is 0.372. The maximum absolute atomic E-state index is 12.6. The molecule has 0 spiro atoms. The number of rotatable bonds is 4. The standard InChI is InChI=1S/C22H20ClN5O2/c1-14-19(21(29)27-18-6-4-17(23)5-7-18)12-25-20(26-14)16-8-10-28(13-16)22(30)15-3-2-9-24-11-15/h2-7,9,11-12,16H,8,10,13H2,1H3,(H,27,29). The van der Waals surface area contributed by atoms with Gasteiger partial charge in [-0.05, 0) is 49.7 Å². The second-order valence-corrected chi connectivity index (χ2v) is 7.60. The molecule has 3 heterocycles. The van der Waals surface area contributed by atoms with E-state index in [1.54, 1.807) is 66.8 Å². The lowest BCUT2D eigenvalue weighted by molar-refractivity contribution is 0.0790. The highest BCUT2D eigenvalue weighted by molar-refractivity contribution is 6.30. The third-order valence-electron chi connectivity index (χ3n) is 5.09. The van der Waals surface area contributed by atoms with Gasteiger partial charge in [0.05, 0.1) is 16.8 Å². The van der Waals surface area contributed by atoms with Crippen LogP contribution in [0.4, 0.5) is 5.69 Å². The van der Waals surface area contributed by atoms with E-state index >= 15 is 0 Å². The first-order valence-corrected chi connectivity index (χ1v) is 9.99. The van der Waals surface area contributed by atoms with E-state index in [2.05, 4.69) is 20.3 Å². The lowest BCUT2D eigenvalue weighted by Crippen LogP contribution is -2.28. The number of likely N-dealkylation sites (tertiary alicyclic amines) is 1. The van der Waals surface area contributed by atoms with Gasteiger partial charge in [-0.3, -0.25) is 14.6 Å². The fraction of sp³-hybridized carbons (Fsp3) is 0.227. The summed E-state index contributed by atoms with van der Waals surface area (Å²) in [6.07, 6.45) is 5.55. The van der Waals surface area contributed by atoms with Crippen molar-refractivity contribution in [2.75, 3.05) is 18.4 Å². The Morgan fingerprint density at radius 3 is 2.67 bits per heavy atom. The number of carbonyl (C=O) groups excluding carboxylic acids is 2. The molecule has 1 saturated heterocycles. The molecule has 1 fully saturated rings. The van der Waals surface area contributed by atoms with Gasteiger partial charge in [-0.25, -0.2) is 9.97 Å². The quantitative estimate of drug-likeness (QED) is 0.693. The summed E-state index contributed by atoms with van der Waals surface area (Å²) in [5.41, 5.74) is 2.23. The van der Waals surface area contributed by atoms with Crippen LogP contribution in [-0.4, -0.2) is 44.8 Å². The minimum atomic E-state index is -0.277. The number of benzene rings is 1. The number of carbonyl (C=O) groups is 2. The van der Waals surface area contributed by atoms with Crippen LogP contribution in [0.5, 0.6) is 0 Å². The monoisotopic (exact) mass is 421 g/mol. The van der Waals surface area contributed by atoms with E-state index in [9.17, 15) is 9.59 Å². The Bertz CT molecular complexity index is 1070. The van der Waals surface area contributed by atoms with Crippen molar-refractivity contribution in [3.05, 3.63) is 82.7 Å². The summed E-state index contributed by atoms with van der Waals surface area (Å²) < 4.78 is 0. The molecule has 7 nitrogen and oxygen atoms in total. The molecule has 1 N–H and O–H groups in total. The fourth-order valence-corrected chi connectivity index (χ4v) is 3.59. The minimum Gasteiger partial charge on any atom is -0.338 e. The summed E-state index contributed by atoms with van der Waals surface area (Å²) in [4.78, 5) is 40.0. The van der Waals surface area contributed by atoms with Crippen molar-refractivity contribution in [2.45, 2.75) is 19.3 Å². The van der Waals surface area contributed by atoms with Crippen molar-refractivity contribution in [3.63, 3.8) is 0 Å². The van der Waals surface area contributed by atoms with Crippen molar-refractivity contribution in [3.8, 4) is 0 Å². The molecule has 1 aliphatic heterocycles. The Morgan fingerprint density at radius 1 is 1.17 bits per heavy atom. The molecule has 0 aliphatic carbocycles. The van der Waals surface area contributed by atoms with Gasteiger partial charge in [0.15, 0.2) is 0 Å². The SMILES string of the molecule is Cc1nc(C2CCN(C(=O)c3cccnc3)C2)ncc1C(=O)Nc1ccc(Cl)cc1. The Kier molecular flexibility index (Phi) is 5.72. The van der Waals surface area contributed by atoms with Crippen LogP contribution in [0, 0.1) is 6.92 Å². The molecule has 1 aliphatic rings. The van der Waals surface area contributed by atoms with E-state index in [0.29, 0.717) is 46.4 Å². The van der Waals surface area contributed by atoms with E-state index in [-0.39, 0.29) is 17.7 Å². The number of nitrogens with one attached hydrogen (secondary N) is 1. The van der Waals surface area contributed by atoms with Crippen LogP contribution < -0.4 is 5.32 Å². The van der Waals surface area contributed by atoms with Gasteiger partial charge in [0, 0.05) is 48.3 Å². The van der Waals surface area contributed by atoms with E-state index < -0.39 is 0 Å². The molecular formula is C22H20ClN5O2. The number of halogens is 1. The van der Waals surface area contributed by atoms with Gasteiger partial charge in [-0.15, -0.1) is 0 Å². The molecule has 1 unspecified atom stereocenters. The maximum Gasteiger partial charge on any atom is 0.259 e. The molecule has 0 saturated carbocycles. The van der Waals surface area contributed by atoms with Gasteiger partial charge in [0.25, 0.3) is 11.8 Å². The van der Waals surface area contributed by atoms with Gasteiger partial charge in [-0.1, -0.05) is 11.6 Å². The number of nitrogens with zero attached hydrogens (tertiary/aromatic N) is 4. The average Bonchev–Trinajstić information content (AvgIpc) is 3.25. The van der Waals surface area contributed by atoms with Crippen LogP contribution >= 0.6 is 11.6 Å². The van der Waals surface area contributed by atoms with E-state index in [0.717, 1.165) is 6.42 Å². The Hall–Kier alpha value is -3.32. The van der Waals surface area contributed by atoms with Gasteiger partial charge in [-0.2, -0.15) is 0 Å². The smallest absolute Gasteiger partial charge is 0.259 e. The van der Waals surface area contributed by atoms with Gasteiger partial charge >= 0.3 is 0 Å². The Morgan fingerprint density at radius 2 is 1.97 bits per heavy atom. The molecule has 2 aromatic heterocycles. The number of hydrogen-bond donors (Lipinski definition) is 1. The third-order valence-corrected chi connectivity index (χ3v) is 5.35. The van der Waals surface area contributed by atoms with Crippen LogP contribution in [0.1, 0.15) is 44.6 Å². The highest BCUT2D eigenvalue weighted by Crippen LogP contribution is 2.26. The normalized spacial score (nSPS) is 15.8. The van der Waals surface area contributed by atoms with Crippen LogP contribution in [0.3, 0.4) is 0 Å². The number of pyridine rings is 1. The predicted molar refractivity (Wildman–Crippen MR) is 114 cm³/mol. The van der Waals surface area contributed by atoms with Crippen LogP contribution in [0.15, 0.2) is 55.0 Å². The lowest BCUT2D eigenvalue weighted by Gasteiger charge is -2.16. The summed E-state index contributed by atoms with van der Waals surface area (Å²) in [5, 5.41) is 3.42. The van der Waals surface area contributed by atoms with Crippen LogP contribution in [0.25, 0.3) is 0 Å². The zero-order valence-corrected chi connectivity index (χ0v) is 17.1. The van der Waals surface area contributed by atoms with Crippen molar-refractivity contribution < 1.29 is 9.59 Å². The van der Waals surface area contributed by atoms with Crippen LogP contribution in [-0.2, 0) is 0 Å².